The number of hydrogen-bond donors (Lipinski definition) is 2. The molecule has 0 spiro atoms. The highest BCUT2D eigenvalue weighted by Gasteiger charge is 1.94. The average Bonchev–Trinajstić information content (AvgIpc) is 2.05. The van der Waals surface area contributed by atoms with Crippen molar-refractivity contribution in [3.05, 3.63) is 0 Å². The van der Waals surface area contributed by atoms with Gasteiger partial charge in [0.05, 0.1) is 0 Å². The lowest BCUT2D eigenvalue weighted by molar-refractivity contribution is 0.241. The molecule has 12 heavy (non-hydrogen) atoms. The van der Waals surface area contributed by atoms with Crippen LogP contribution in [0.4, 0.5) is 4.79 Å². The lowest BCUT2D eigenvalue weighted by Crippen LogP contribution is -2.35. The number of hydrogen-bond acceptors (Lipinski definition) is 2. The zero-order chi connectivity index (χ0) is 9.23. The molecule has 0 aliphatic carbocycles. The quantitative estimate of drug-likeness (QED) is 0.466. The number of carbonyl (C=O) groups is 1. The maximum atomic E-state index is 10.8. The van der Waals surface area contributed by atoms with E-state index in [0.717, 1.165) is 13.0 Å². The number of amides is 2. The lowest BCUT2D eigenvalue weighted by Gasteiger charge is -2.03. The second kappa shape index (κ2) is 8.04. The number of aliphatic imine (C=N–C) groups is 1. The summed E-state index contributed by atoms with van der Waals surface area (Å²) in [6, 6.07) is -0.0991. The first-order valence-corrected chi connectivity index (χ1v) is 4.27. The van der Waals surface area contributed by atoms with Gasteiger partial charge in [0.25, 0.3) is 0 Å². The highest BCUT2D eigenvalue weighted by Crippen LogP contribution is 1.77. The van der Waals surface area contributed by atoms with Gasteiger partial charge >= 0.3 is 6.03 Å². The van der Waals surface area contributed by atoms with Crippen LogP contribution in [0.2, 0.25) is 0 Å². The molecule has 0 radical (unpaired) electrons. The molecule has 0 fully saturated rings. The summed E-state index contributed by atoms with van der Waals surface area (Å²) in [5.74, 6) is 0. The Kier molecular flexibility index (Phi) is 7.33. The van der Waals surface area contributed by atoms with Crippen LogP contribution >= 0.6 is 0 Å². The molecule has 70 valence electrons. The summed E-state index contributed by atoms with van der Waals surface area (Å²) in [5, 5.41) is 5.37. The van der Waals surface area contributed by atoms with Gasteiger partial charge in [-0.25, -0.2) is 4.79 Å². The van der Waals surface area contributed by atoms with Crippen LogP contribution in [-0.2, 0) is 0 Å². The molecule has 2 amide bonds. The zero-order valence-electron chi connectivity index (χ0n) is 7.76. The van der Waals surface area contributed by atoms with Crippen LogP contribution in [0.5, 0.6) is 0 Å². The van der Waals surface area contributed by atoms with E-state index < -0.39 is 0 Å². The number of carbonyl (C=O) groups excluding carboxylic acids is 1. The average molecular weight is 171 g/mol. The molecule has 0 atom stereocenters. The maximum Gasteiger partial charge on any atom is 0.314 e. The SMILES string of the molecule is CC=NCCCNC(=O)NCC. The Labute approximate surface area is 73.5 Å². The van der Waals surface area contributed by atoms with Gasteiger partial charge in [-0.3, -0.25) is 4.99 Å². The minimum absolute atomic E-state index is 0.0991. The predicted molar refractivity (Wildman–Crippen MR) is 50.7 cm³/mol. The first-order chi connectivity index (χ1) is 5.81. The van der Waals surface area contributed by atoms with Gasteiger partial charge in [-0.05, 0) is 26.5 Å². The summed E-state index contributed by atoms with van der Waals surface area (Å²) in [6.07, 6.45) is 2.66. The van der Waals surface area contributed by atoms with Crippen molar-refractivity contribution in [3.63, 3.8) is 0 Å². The molecule has 0 aliphatic heterocycles. The molecule has 4 heteroatoms. The summed E-state index contributed by atoms with van der Waals surface area (Å²) in [5.41, 5.74) is 0. The molecule has 0 aliphatic rings. The Morgan fingerprint density at radius 3 is 2.83 bits per heavy atom. The van der Waals surface area contributed by atoms with E-state index in [4.69, 9.17) is 0 Å². The van der Waals surface area contributed by atoms with Crippen molar-refractivity contribution in [1.82, 2.24) is 10.6 Å². The van der Waals surface area contributed by atoms with Crippen molar-refractivity contribution in [2.24, 2.45) is 4.99 Å². The Balaban J connectivity index is 3.13. The molecule has 0 aromatic heterocycles. The first-order valence-electron chi connectivity index (χ1n) is 4.27. The number of nitrogens with zero attached hydrogens (tertiary/aromatic N) is 1. The minimum atomic E-state index is -0.0991. The molecule has 0 bridgehead atoms. The topological polar surface area (TPSA) is 53.5 Å². The van der Waals surface area contributed by atoms with Crippen LogP contribution in [0.25, 0.3) is 0 Å². The smallest absolute Gasteiger partial charge is 0.314 e. The highest BCUT2D eigenvalue weighted by molar-refractivity contribution is 5.73. The van der Waals surface area contributed by atoms with E-state index in [1.165, 1.54) is 0 Å². The van der Waals surface area contributed by atoms with Gasteiger partial charge in [-0.1, -0.05) is 0 Å². The highest BCUT2D eigenvalue weighted by atomic mass is 16.2. The summed E-state index contributed by atoms with van der Waals surface area (Å²) in [6.45, 7) is 5.91. The van der Waals surface area contributed by atoms with E-state index in [0.29, 0.717) is 13.1 Å². The van der Waals surface area contributed by atoms with Gasteiger partial charge in [0, 0.05) is 19.6 Å². The Morgan fingerprint density at radius 2 is 2.25 bits per heavy atom. The summed E-state index contributed by atoms with van der Waals surface area (Å²) in [7, 11) is 0. The first kappa shape index (κ1) is 10.9. The molecular formula is C8H17N3O. The molecule has 0 saturated carbocycles. The van der Waals surface area contributed by atoms with E-state index in [-0.39, 0.29) is 6.03 Å². The third-order valence-electron chi connectivity index (χ3n) is 1.27. The molecule has 0 aromatic rings. The van der Waals surface area contributed by atoms with Crippen molar-refractivity contribution < 1.29 is 4.79 Å². The molecule has 0 heterocycles. The van der Waals surface area contributed by atoms with Crippen LogP contribution in [0.3, 0.4) is 0 Å². The molecular weight excluding hydrogens is 154 g/mol. The fourth-order valence-corrected chi connectivity index (χ4v) is 0.724. The monoisotopic (exact) mass is 171 g/mol. The molecule has 0 aromatic carbocycles. The van der Waals surface area contributed by atoms with E-state index in [1.807, 2.05) is 13.8 Å². The summed E-state index contributed by atoms with van der Waals surface area (Å²) in [4.78, 5) is 14.8. The lowest BCUT2D eigenvalue weighted by atomic mass is 10.4. The van der Waals surface area contributed by atoms with Gasteiger partial charge in [0.15, 0.2) is 0 Å². The van der Waals surface area contributed by atoms with E-state index in [2.05, 4.69) is 15.6 Å². The van der Waals surface area contributed by atoms with Crippen LogP contribution in [0.1, 0.15) is 20.3 Å². The zero-order valence-corrected chi connectivity index (χ0v) is 7.76. The van der Waals surface area contributed by atoms with Crippen molar-refractivity contribution in [3.8, 4) is 0 Å². The number of urea groups is 1. The maximum absolute atomic E-state index is 10.8. The van der Waals surface area contributed by atoms with E-state index in [9.17, 15) is 4.79 Å². The van der Waals surface area contributed by atoms with Crippen LogP contribution in [0.15, 0.2) is 4.99 Å². The van der Waals surface area contributed by atoms with E-state index >= 15 is 0 Å². The van der Waals surface area contributed by atoms with E-state index in [1.54, 1.807) is 6.21 Å². The fraction of sp³-hybridized carbons (Fsp3) is 0.750. The third kappa shape index (κ3) is 7.05. The van der Waals surface area contributed by atoms with Gasteiger partial charge in [-0.2, -0.15) is 0 Å². The number of rotatable bonds is 5. The normalized spacial score (nSPS) is 10.2. The van der Waals surface area contributed by atoms with Crippen molar-refractivity contribution in [2.75, 3.05) is 19.6 Å². The van der Waals surface area contributed by atoms with Gasteiger partial charge in [0.2, 0.25) is 0 Å². The van der Waals surface area contributed by atoms with Gasteiger partial charge in [0.1, 0.15) is 0 Å². The summed E-state index contributed by atoms with van der Waals surface area (Å²) >= 11 is 0. The van der Waals surface area contributed by atoms with Crippen molar-refractivity contribution in [2.45, 2.75) is 20.3 Å². The Morgan fingerprint density at radius 1 is 1.50 bits per heavy atom. The summed E-state index contributed by atoms with van der Waals surface area (Å²) < 4.78 is 0. The largest absolute Gasteiger partial charge is 0.338 e. The molecule has 2 N–H and O–H groups in total. The van der Waals surface area contributed by atoms with Crippen LogP contribution in [-0.4, -0.2) is 31.9 Å². The molecule has 0 saturated heterocycles. The predicted octanol–water partition coefficient (Wildman–Crippen LogP) is 0.786. The third-order valence-corrected chi connectivity index (χ3v) is 1.27. The molecule has 0 unspecified atom stereocenters. The molecule has 4 nitrogen and oxygen atoms in total. The fourth-order valence-electron chi connectivity index (χ4n) is 0.724. The second-order valence-electron chi connectivity index (χ2n) is 2.30. The van der Waals surface area contributed by atoms with Gasteiger partial charge < -0.3 is 10.6 Å². The van der Waals surface area contributed by atoms with Gasteiger partial charge in [-0.15, -0.1) is 0 Å². The standard InChI is InChI=1S/C8H17N3O/c1-3-9-6-5-7-11-8(12)10-4-2/h3H,4-7H2,1-2H3,(H2,10,11,12). The number of nitrogens with one attached hydrogen (secondary N) is 2. The minimum Gasteiger partial charge on any atom is -0.338 e. The van der Waals surface area contributed by atoms with Crippen LogP contribution < -0.4 is 10.6 Å². The van der Waals surface area contributed by atoms with Crippen molar-refractivity contribution >= 4 is 12.2 Å². The van der Waals surface area contributed by atoms with Crippen molar-refractivity contribution in [1.29, 1.82) is 0 Å². The van der Waals surface area contributed by atoms with Crippen LogP contribution in [0, 0.1) is 0 Å². The Bertz CT molecular complexity index is 145. The molecule has 0 rings (SSSR count). The second-order valence-corrected chi connectivity index (χ2v) is 2.30. The Hall–Kier alpha value is -1.06.